The molecule has 1 N–H and O–H groups in total. The summed E-state index contributed by atoms with van der Waals surface area (Å²) in [5, 5.41) is 0. The number of H-pyrrole nitrogens is 1. The van der Waals surface area contributed by atoms with E-state index < -0.39 is 0 Å². The number of nitrogens with one attached hydrogen (secondary N) is 1. The number of rotatable bonds is 4. The van der Waals surface area contributed by atoms with Crippen LogP contribution in [0.2, 0.25) is 4.34 Å². The molecule has 0 aromatic carbocycles. The van der Waals surface area contributed by atoms with Gasteiger partial charge in [0.2, 0.25) is 0 Å². The van der Waals surface area contributed by atoms with Gasteiger partial charge in [0.1, 0.15) is 5.82 Å². The first-order valence-electron chi connectivity index (χ1n) is 7.23. The smallest absolute Gasteiger partial charge is 0.255 e. The summed E-state index contributed by atoms with van der Waals surface area (Å²) >= 11 is 7.56. The largest absolute Gasteiger partial charge is 0.310 e. The average molecular weight is 324 g/mol. The maximum absolute atomic E-state index is 12.2. The number of aryl methyl sites for hydroxylation is 1. The van der Waals surface area contributed by atoms with Crippen molar-refractivity contribution in [1.29, 1.82) is 0 Å². The second kappa shape index (κ2) is 6.30. The quantitative estimate of drug-likeness (QED) is 0.941. The molecule has 0 saturated heterocycles. The minimum absolute atomic E-state index is 0.0253. The third kappa shape index (κ3) is 3.36. The summed E-state index contributed by atoms with van der Waals surface area (Å²) in [5.41, 5.74) is 1.82. The molecule has 21 heavy (non-hydrogen) atoms. The van der Waals surface area contributed by atoms with Gasteiger partial charge in [0.05, 0.1) is 15.6 Å². The van der Waals surface area contributed by atoms with E-state index in [9.17, 15) is 4.79 Å². The molecule has 0 unspecified atom stereocenters. The van der Waals surface area contributed by atoms with Crippen LogP contribution in [0.5, 0.6) is 0 Å². The van der Waals surface area contributed by atoms with E-state index in [0.29, 0.717) is 6.54 Å². The van der Waals surface area contributed by atoms with Gasteiger partial charge in [0.15, 0.2) is 0 Å². The molecule has 1 aliphatic heterocycles. The van der Waals surface area contributed by atoms with Crippen LogP contribution in [0.1, 0.15) is 35.3 Å². The van der Waals surface area contributed by atoms with Crippen molar-refractivity contribution in [1.82, 2.24) is 14.9 Å². The molecule has 4 nitrogen and oxygen atoms in total. The second-order valence-corrected chi connectivity index (χ2v) is 7.15. The molecule has 0 radical (unpaired) electrons. The van der Waals surface area contributed by atoms with Gasteiger partial charge in [-0.2, -0.15) is 0 Å². The van der Waals surface area contributed by atoms with Gasteiger partial charge in [0.25, 0.3) is 5.56 Å². The molecule has 0 bridgehead atoms. The molecule has 0 atom stereocenters. The molecule has 0 spiro atoms. The number of hydrogen-bond donors (Lipinski definition) is 1. The fourth-order valence-corrected chi connectivity index (χ4v) is 3.81. The minimum atomic E-state index is 0.0253. The van der Waals surface area contributed by atoms with Crippen molar-refractivity contribution in [3.8, 4) is 0 Å². The van der Waals surface area contributed by atoms with Gasteiger partial charge >= 0.3 is 0 Å². The zero-order valence-corrected chi connectivity index (χ0v) is 13.6. The van der Waals surface area contributed by atoms with Gasteiger partial charge in [0, 0.05) is 37.4 Å². The van der Waals surface area contributed by atoms with Crippen molar-refractivity contribution in [3.63, 3.8) is 0 Å². The Labute approximate surface area is 132 Å². The van der Waals surface area contributed by atoms with E-state index in [1.807, 2.05) is 6.07 Å². The van der Waals surface area contributed by atoms with Crippen molar-refractivity contribution in [2.75, 3.05) is 6.54 Å². The maximum atomic E-state index is 12.2. The molecule has 2 aromatic rings. The van der Waals surface area contributed by atoms with Gasteiger partial charge < -0.3 is 4.98 Å². The van der Waals surface area contributed by atoms with Crippen LogP contribution >= 0.6 is 22.9 Å². The minimum Gasteiger partial charge on any atom is -0.310 e. The van der Waals surface area contributed by atoms with Gasteiger partial charge in [-0.3, -0.25) is 9.69 Å². The van der Waals surface area contributed by atoms with Crippen molar-refractivity contribution >= 4 is 22.9 Å². The van der Waals surface area contributed by atoms with E-state index >= 15 is 0 Å². The van der Waals surface area contributed by atoms with Crippen LogP contribution in [0, 0.1) is 0 Å². The third-order valence-electron chi connectivity index (χ3n) is 3.69. The monoisotopic (exact) mass is 323 g/mol. The lowest BCUT2D eigenvalue weighted by Crippen LogP contribution is -2.35. The molecule has 3 heterocycles. The lowest BCUT2D eigenvalue weighted by Gasteiger charge is -2.27. The number of hydrogen-bond acceptors (Lipinski definition) is 4. The van der Waals surface area contributed by atoms with Crippen LogP contribution in [-0.2, 0) is 25.9 Å². The van der Waals surface area contributed by atoms with Crippen molar-refractivity contribution < 1.29 is 0 Å². The summed E-state index contributed by atoms with van der Waals surface area (Å²) in [6.45, 7) is 4.53. The molecular formula is C15H18ClN3OS. The number of halogens is 1. The molecule has 1 aliphatic rings. The molecule has 2 aromatic heterocycles. The van der Waals surface area contributed by atoms with E-state index in [1.54, 1.807) is 11.3 Å². The van der Waals surface area contributed by atoms with Crippen LogP contribution in [0.25, 0.3) is 0 Å². The fraction of sp³-hybridized carbons (Fsp3) is 0.467. The summed E-state index contributed by atoms with van der Waals surface area (Å²) in [6.07, 6.45) is 2.67. The van der Waals surface area contributed by atoms with Crippen LogP contribution < -0.4 is 5.56 Å². The molecular weight excluding hydrogens is 306 g/mol. The first kappa shape index (κ1) is 14.8. The van der Waals surface area contributed by atoms with E-state index in [0.717, 1.165) is 53.8 Å². The highest BCUT2D eigenvalue weighted by molar-refractivity contribution is 7.16. The predicted molar refractivity (Wildman–Crippen MR) is 86.0 cm³/mol. The highest BCUT2D eigenvalue weighted by atomic mass is 35.5. The molecule has 0 aliphatic carbocycles. The van der Waals surface area contributed by atoms with E-state index in [1.165, 1.54) is 4.88 Å². The zero-order valence-electron chi connectivity index (χ0n) is 12.0. The fourth-order valence-electron chi connectivity index (χ4n) is 2.68. The van der Waals surface area contributed by atoms with Crippen LogP contribution in [0.4, 0.5) is 0 Å². The normalized spacial score (nSPS) is 15.1. The van der Waals surface area contributed by atoms with Gasteiger partial charge in [-0.15, -0.1) is 11.3 Å². The van der Waals surface area contributed by atoms with E-state index in [2.05, 4.69) is 27.9 Å². The van der Waals surface area contributed by atoms with Gasteiger partial charge in [-0.05, 0) is 18.6 Å². The lowest BCUT2D eigenvalue weighted by atomic mass is 10.1. The highest BCUT2D eigenvalue weighted by Gasteiger charge is 2.21. The molecule has 3 rings (SSSR count). The number of nitrogens with zero attached hydrogens (tertiary/aromatic N) is 2. The summed E-state index contributed by atoms with van der Waals surface area (Å²) in [7, 11) is 0. The van der Waals surface area contributed by atoms with Crippen molar-refractivity contribution in [3.05, 3.63) is 48.8 Å². The Morgan fingerprint density at radius 3 is 3.05 bits per heavy atom. The average Bonchev–Trinajstić information content (AvgIpc) is 2.85. The van der Waals surface area contributed by atoms with E-state index in [-0.39, 0.29) is 5.56 Å². The summed E-state index contributed by atoms with van der Waals surface area (Å²) < 4.78 is 0.811. The summed E-state index contributed by atoms with van der Waals surface area (Å²) in [4.78, 5) is 23.3. The Balaban J connectivity index is 1.77. The third-order valence-corrected chi connectivity index (χ3v) is 4.91. The standard InChI is InChI=1S/C15H18ClN3OS/c1-2-3-14-17-12-6-7-19(9-11(12)15(20)18-14)8-10-4-5-13(16)21-10/h4-5H,2-3,6-9H2,1H3,(H,17,18,20). The molecule has 0 amide bonds. The summed E-state index contributed by atoms with van der Waals surface area (Å²) in [5.74, 6) is 0.819. The number of aromatic amines is 1. The Bertz CT molecular complexity index is 694. The van der Waals surface area contributed by atoms with Gasteiger partial charge in [-0.1, -0.05) is 18.5 Å². The highest BCUT2D eigenvalue weighted by Crippen LogP contribution is 2.24. The molecule has 112 valence electrons. The van der Waals surface area contributed by atoms with Crippen LogP contribution in [-0.4, -0.2) is 21.4 Å². The Morgan fingerprint density at radius 1 is 1.48 bits per heavy atom. The number of thiophene rings is 1. The van der Waals surface area contributed by atoms with Crippen molar-refractivity contribution in [2.45, 2.75) is 39.3 Å². The van der Waals surface area contributed by atoms with E-state index in [4.69, 9.17) is 11.6 Å². The van der Waals surface area contributed by atoms with Crippen LogP contribution in [0.15, 0.2) is 16.9 Å². The topological polar surface area (TPSA) is 49.0 Å². The second-order valence-electron chi connectivity index (χ2n) is 5.35. The summed E-state index contributed by atoms with van der Waals surface area (Å²) in [6, 6.07) is 3.97. The molecule has 0 fully saturated rings. The lowest BCUT2D eigenvalue weighted by molar-refractivity contribution is 0.243. The maximum Gasteiger partial charge on any atom is 0.255 e. The van der Waals surface area contributed by atoms with Crippen molar-refractivity contribution in [2.24, 2.45) is 0 Å². The Kier molecular flexibility index (Phi) is 4.42. The number of aromatic nitrogens is 2. The number of fused-ring (bicyclic) bond motifs is 1. The van der Waals surface area contributed by atoms with Gasteiger partial charge in [-0.25, -0.2) is 4.98 Å². The van der Waals surface area contributed by atoms with Crippen LogP contribution in [0.3, 0.4) is 0 Å². The molecule has 0 saturated carbocycles. The Hall–Kier alpha value is -1.17. The zero-order chi connectivity index (χ0) is 14.8. The molecule has 6 heteroatoms. The first-order valence-corrected chi connectivity index (χ1v) is 8.42. The first-order chi connectivity index (χ1) is 10.2. The predicted octanol–water partition coefficient (Wildman–Crippen LogP) is 3.00. The SMILES string of the molecule is CCCc1nc2c(c(=O)[nH]1)CN(Cc1ccc(Cl)s1)CC2. The Morgan fingerprint density at radius 2 is 2.33 bits per heavy atom.